The second-order valence-electron chi connectivity index (χ2n) is 4.83. The van der Waals surface area contributed by atoms with Crippen LogP contribution in [0.25, 0.3) is 0 Å². The molecule has 2 aliphatic rings. The monoisotopic (exact) mass is 295 g/mol. The maximum Gasteiger partial charge on any atom is 0.253 e. The summed E-state index contributed by atoms with van der Waals surface area (Å²) in [4.78, 5) is 21.7. The minimum absolute atomic E-state index is 0.0706. The van der Waals surface area contributed by atoms with Crippen LogP contribution in [0.4, 0.5) is 0 Å². The Hall–Kier alpha value is -1.82. The van der Waals surface area contributed by atoms with Gasteiger partial charge in [0.15, 0.2) is 5.15 Å². The number of carbonyl (C=O) groups excluding carboxylic acids is 1. The largest absolute Gasteiger partial charge is 0.500 e. The van der Waals surface area contributed by atoms with E-state index in [1.807, 2.05) is 0 Å². The number of ether oxygens (including phenoxy) is 2. The molecule has 2 aliphatic heterocycles. The minimum Gasteiger partial charge on any atom is -0.500 e. The van der Waals surface area contributed by atoms with Crippen LogP contribution >= 0.6 is 11.6 Å². The van der Waals surface area contributed by atoms with Crippen LogP contribution in [-0.4, -0.2) is 47.1 Å². The van der Waals surface area contributed by atoms with Crippen molar-refractivity contribution in [2.24, 2.45) is 5.92 Å². The second-order valence-corrected chi connectivity index (χ2v) is 5.22. The number of nitrogens with zero attached hydrogens (tertiary/aromatic N) is 3. The van der Waals surface area contributed by atoms with Crippen molar-refractivity contribution in [2.45, 2.75) is 6.42 Å². The number of amides is 1. The predicted octanol–water partition coefficient (Wildman–Crippen LogP) is 1.27. The summed E-state index contributed by atoms with van der Waals surface area (Å²) in [6.45, 7) is 2.51. The molecule has 0 bridgehead atoms. The molecule has 0 aliphatic carbocycles. The van der Waals surface area contributed by atoms with Crippen LogP contribution in [0.15, 0.2) is 24.2 Å². The van der Waals surface area contributed by atoms with Gasteiger partial charge < -0.3 is 14.4 Å². The Morgan fingerprint density at radius 2 is 2.35 bits per heavy atom. The summed E-state index contributed by atoms with van der Waals surface area (Å²) < 4.78 is 10.6. The van der Waals surface area contributed by atoms with Gasteiger partial charge in [0.05, 0.1) is 37.4 Å². The Balaban J connectivity index is 1.43. The molecule has 7 heteroatoms. The van der Waals surface area contributed by atoms with Crippen LogP contribution in [0, 0.1) is 5.92 Å². The highest BCUT2D eigenvalue weighted by Gasteiger charge is 2.33. The lowest BCUT2D eigenvalue weighted by molar-refractivity contribution is -0.134. The summed E-state index contributed by atoms with van der Waals surface area (Å²) in [7, 11) is 0. The molecule has 0 aromatic carbocycles. The van der Waals surface area contributed by atoms with Gasteiger partial charge in [-0.15, -0.1) is 0 Å². The van der Waals surface area contributed by atoms with Crippen LogP contribution in [0.2, 0.25) is 5.15 Å². The highest BCUT2D eigenvalue weighted by atomic mass is 35.5. The van der Waals surface area contributed by atoms with Crippen molar-refractivity contribution >= 4 is 17.5 Å². The highest BCUT2D eigenvalue weighted by Crippen LogP contribution is 2.22. The van der Waals surface area contributed by atoms with E-state index in [1.165, 1.54) is 12.4 Å². The predicted molar refractivity (Wildman–Crippen MR) is 71.3 cm³/mol. The Bertz CT molecular complexity index is 543. The second kappa shape index (κ2) is 5.66. The molecule has 1 aromatic rings. The average molecular weight is 296 g/mol. The zero-order valence-corrected chi connectivity index (χ0v) is 11.5. The summed E-state index contributed by atoms with van der Waals surface area (Å²) in [5.74, 6) is 0.804. The number of hydrogen-bond donors (Lipinski definition) is 0. The standard InChI is InChI=1S/C13H14ClN3O3/c14-11-3-15-4-12(16-11)20-7-9-5-17(6-9)13(18)10-1-2-19-8-10/h3-4,8-9H,1-2,5-7H2. The van der Waals surface area contributed by atoms with Crippen molar-refractivity contribution in [1.29, 1.82) is 0 Å². The first-order valence-electron chi connectivity index (χ1n) is 6.42. The fourth-order valence-corrected chi connectivity index (χ4v) is 2.33. The lowest BCUT2D eigenvalue weighted by Gasteiger charge is -2.39. The fraction of sp³-hybridized carbons (Fsp3) is 0.462. The molecule has 0 atom stereocenters. The Morgan fingerprint density at radius 1 is 1.50 bits per heavy atom. The van der Waals surface area contributed by atoms with Crippen LogP contribution in [-0.2, 0) is 9.53 Å². The molecule has 3 rings (SSSR count). The smallest absolute Gasteiger partial charge is 0.253 e. The van der Waals surface area contributed by atoms with Crippen molar-refractivity contribution < 1.29 is 14.3 Å². The van der Waals surface area contributed by atoms with Gasteiger partial charge in [0, 0.05) is 25.4 Å². The molecule has 0 saturated carbocycles. The normalized spacial score (nSPS) is 18.2. The number of likely N-dealkylation sites (tertiary alicyclic amines) is 1. The van der Waals surface area contributed by atoms with Crippen molar-refractivity contribution in [3.05, 3.63) is 29.4 Å². The van der Waals surface area contributed by atoms with E-state index in [0.717, 1.165) is 5.57 Å². The Labute approximate surface area is 121 Å². The minimum atomic E-state index is 0.0706. The fourth-order valence-electron chi connectivity index (χ4n) is 2.19. The lowest BCUT2D eigenvalue weighted by Crippen LogP contribution is -2.52. The molecule has 0 radical (unpaired) electrons. The molecular formula is C13H14ClN3O3. The van der Waals surface area contributed by atoms with Gasteiger partial charge in [0.2, 0.25) is 5.88 Å². The van der Waals surface area contributed by atoms with E-state index in [1.54, 1.807) is 11.2 Å². The first-order valence-corrected chi connectivity index (χ1v) is 6.80. The van der Waals surface area contributed by atoms with Gasteiger partial charge in [-0.1, -0.05) is 11.6 Å². The number of aromatic nitrogens is 2. The number of halogens is 1. The maximum atomic E-state index is 12.0. The Morgan fingerprint density at radius 3 is 3.05 bits per heavy atom. The quantitative estimate of drug-likeness (QED) is 0.837. The Kier molecular flexibility index (Phi) is 3.73. The number of hydrogen-bond acceptors (Lipinski definition) is 5. The molecule has 1 saturated heterocycles. The molecule has 0 unspecified atom stereocenters. The molecular weight excluding hydrogens is 282 g/mol. The van der Waals surface area contributed by atoms with Gasteiger partial charge >= 0.3 is 0 Å². The molecule has 1 fully saturated rings. The van der Waals surface area contributed by atoms with E-state index in [2.05, 4.69) is 9.97 Å². The first kappa shape index (κ1) is 13.2. The molecule has 1 amide bonds. The summed E-state index contributed by atoms with van der Waals surface area (Å²) in [5, 5.41) is 0.307. The summed E-state index contributed by atoms with van der Waals surface area (Å²) in [6, 6.07) is 0. The molecule has 106 valence electrons. The van der Waals surface area contributed by atoms with Gasteiger partial charge in [-0.2, -0.15) is 4.98 Å². The SMILES string of the molecule is O=C(C1=COCC1)N1CC(COc2cncc(Cl)n2)C1. The zero-order chi connectivity index (χ0) is 13.9. The highest BCUT2D eigenvalue weighted by molar-refractivity contribution is 6.29. The molecule has 6 nitrogen and oxygen atoms in total. The summed E-state index contributed by atoms with van der Waals surface area (Å²) in [6.07, 6.45) is 5.24. The zero-order valence-electron chi connectivity index (χ0n) is 10.8. The van der Waals surface area contributed by atoms with Crippen molar-refractivity contribution in [3.8, 4) is 5.88 Å². The van der Waals surface area contributed by atoms with Crippen LogP contribution < -0.4 is 4.74 Å². The third-order valence-electron chi connectivity index (χ3n) is 3.28. The molecule has 0 spiro atoms. The van der Waals surface area contributed by atoms with E-state index in [4.69, 9.17) is 21.1 Å². The van der Waals surface area contributed by atoms with Crippen molar-refractivity contribution in [2.75, 3.05) is 26.3 Å². The third kappa shape index (κ3) is 2.85. The van der Waals surface area contributed by atoms with Gasteiger partial charge in [0.25, 0.3) is 5.91 Å². The van der Waals surface area contributed by atoms with Gasteiger partial charge in [-0.05, 0) is 0 Å². The van der Waals surface area contributed by atoms with Crippen LogP contribution in [0.5, 0.6) is 5.88 Å². The lowest BCUT2D eigenvalue weighted by atomic mass is 10.00. The van der Waals surface area contributed by atoms with Crippen LogP contribution in [0.3, 0.4) is 0 Å². The molecule has 3 heterocycles. The van der Waals surface area contributed by atoms with E-state index in [9.17, 15) is 4.79 Å². The van der Waals surface area contributed by atoms with Crippen molar-refractivity contribution in [3.63, 3.8) is 0 Å². The van der Waals surface area contributed by atoms with Crippen molar-refractivity contribution in [1.82, 2.24) is 14.9 Å². The third-order valence-corrected chi connectivity index (χ3v) is 3.47. The van der Waals surface area contributed by atoms with E-state index < -0.39 is 0 Å². The van der Waals surface area contributed by atoms with Gasteiger partial charge in [-0.3, -0.25) is 9.78 Å². The number of rotatable bonds is 4. The number of carbonyl (C=O) groups is 1. The summed E-state index contributed by atoms with van der Waals surface area (Å²) in [5.41, 5.74) is 0.755. The molecule has 20 heavy (non-hydrogen) atoms. The van der Waals surface area contributed by atoms with Gasteiger partial charge in [0.1, 0.15) is 0 Å². The van der Waals surface area contributed by atoms with E-state index >= 15 is 0 Å². The van der Waals surface area contributed by atoms with E-state index in [0.29, 0.717) is 49.7 Å². The molecule has 1 aromatic heterocycles. The van der Waals surface area contributed by atoms with E-state index in [-0.39, 0.29) is 5.91 Å². The molecule has 0 N–H and O–H groups in total. The summed E-state index contributed by atoms with van der Waals surface area (Å²) >= 11 is 5.72. The topological polar surface area (TPSA) is 64.5 Å². The maximum absolute atomic E-state index is 12.0. The van der Waals surface area contributed by atoms with Crippen LogP contribution in [0.1, 0.15) is 6.42 Å². The average Bonchev–Trinajstić information content (AvgIpc) is 2.90. The van der Waals surface area contributed by atoms with Gasteiger partial charge in [-0.25, -0.2) is 0 Å². The first-order chi connectivity index (χ1) is 9.72.